The molecule has 1 radical (unpaired) electrons. The maximum atomic E-state index is 2.37. The first-order chi connectivity index (χ1) is 3.71. The van der Waals surface area contributed by atoms with Gasteiger partial charge >= 0.3 is 69.5 Å². The van der Waals surface area contributed by atoms with Gasteiger partial charge in [-0.15, -0.1) is 0 Å². The summed E-state index contributed by atoms with van der Waals surface area (Å²) in [7, 11) is 0. The molecule has 0 aromatic rings. The Labute approximate surface area is 69.6 Å². The van der Waals surface area contributed by atoms with E-state index in [9.17, 15) is 0 Å². The van der Waals surface area contributed by atoms with E-state index in [2.05, 4.69) is 41.5 Å². The van der Waals surface area contributed by atoms with E-state index in [0.717, 1.165) is 0 Å². The van der Waals surface area contributed by atoms with Gasteiger partial charge in [-0.1, -0.05) is 0 Å². The zero-order chi connectivity index (χ0) is 7.71. The first kappa shape index (κ1) is 9.80. The molecule has 0 heterocycles. The molecule has 0 nitrogen and oxygen atoms in total. The van der Waals surface area contributed by atoms with Crippen LogP contribution in [0.15, 0.2) is 0 Å². The Morgan fingerprint density at radius 2 is 0.889 bits per heavy atom. The van der Waals surface area contributed by atoms with Crippen LogP contribution >= 0.6 is 0 Å². The average Bonchev–Trinajstić information content (AvgIpc) is 1.14. The quantitative estimate of drug-likeness (QED) is 0.565. The maximum absolute atomic E-state index is 2.37. The molecule has 0 spiro atoms. The van der Waals surface area contributed by atoms with Crippen LogP contribution in [0.4, 0.5) is 0 Å². The van der Waals surface area contributed by atoms with Crippen molar-refractivity contribution in [2.45, 2.75) is 48.4 Å². The second-order valence-electron chi connectivity index (χ2n) is 4.88. The monoisotopic (exact) mass is 235 g/mol. The predicted molar refractivity (Wildman–Crippen MR) is 46.6 cm³/mol. The standard InChI is InChI=1S/2C4H9.Sn.H/c2*1-4(2)3;;/h2*1-3H3;;. The Balaban J connectivity index is 3.75. The van der Waals surface area contributed by atoms with E-state index >= 15 is 0 Å². The van der Waals surface area contributed by atoms with E-state index < -0.39 is 0 Å². The summed E-state index contributed by atoms with van der Waals surface area (Å²) in [6.07, 6.45) is 0. The van der Waals surface area contributed by atoms with Gasteiger partial charge in [0.1, 0.15) is 0 Å². The van der Waals surface area contributed by atoms with Crippen molar-refractivity contribution in [1.29, 1.82) is 0 Å². The van der Waals surface area contributed by atoms with E-state index in [1.807, 2.05) is 0 Å². The molecule has 0 unspecified atom stereocenters. The summed E-state index contributed by atoms with van der Waals surface area (Å²) in [4.78, 5) is 0. The van der Waals surface area contributed by atoms with Gasteiger partial charge in [-0.3, -0.25) is 0 Å². The van der Waals surface area contributed by atoms with Gasteiger partial charge in [0.15, 0.2) is 0 Å². The molecule has 0 saturated carbocycles. The van der Waals surface area contributed by atoms with E-state index in [1.54, 1.807) is 0 Å². The molecule has 0 fully saturated rings. The molecule has 0 aromatic carbocycles. The van der Waals surface area contributed by atoms with E-state index in [4.69, 9.17) is 0 Å². The summed E-state index contributed by atoms with van der Waals surface area (Å²) in [5, 5.41) is 0. The van der Waals surface area contributed by atoms with Gasteiger partial charge in [-0.05, 0) is 0 Å². The topological polar surface area (TPSA) is 0 Å². The molecule has 9 heavy (non-hydrogen) atoms. The molecular formula is C8H19Sn. The fraction of sp³-hybridized carbons (Fsp3) is 1.00. The summed E-state index contributed by atoms with van der Waals surface area (Å²) in [5.74, 6) is 0. The Morgan fingerprint density at radius 1 is 0.667 bits per heavy atom. The zero-order valence-electron chi connectivity index (χ0n) is 7.58. The summed E-state index contributed by atoms with van der Waals surface area (Å²) < 4.78 is 1.35. The molecule has 0 N–H and O–H groups in total. The molecular weight excluding hydrogens is 215 g/mol. The second-order valence-corrected chi connectivity index (χ2v) is 15.6. The Hall–Kier alpha value is 0.799. The van der Waals surface area contributed by atoms with Crippen LogP contribution in [0.3, 0.4) is 0 Å². The van der Waals surface area contributed by atoms with Crippen LogP contribution in [0.25, 0.3) is 0 Å². The molecule has 0 aromatic heterocycles. The summed E-state index contributed by atoms with van der Waals surface area (Å²) in [6, 6.07) is 0. The Morgan fingerprint density at radius 3 is 0.889 bits per heavy atom. The molecule has 1 heteroatoms. The van der Waals surface area contributed by atoms with Crippen LogP contribution in [0.2, 0.25) is 6.86 Å². The molecule has 0 atom stereocenters. The molecule has 0 rings (SSSR count). The minimum absolute atomic E-state index is 0.355. The van der Waals surface area contributed by atoms with Crippen LogP contribution in [0.5, 0.6) is 0 Å². The molecule has 0 aliphatic carbocycles. The van der Waals surface area contributed by atoms with Crippen molar-refractivity contribution in [3.63, 3.8) is 0 Å². The minimum atomic E-state index is -0.355. The van der Waals surface area contributed by atoms with Crippen molar-refractivity contribution in [2.24, 2.45) is 0 Å². The summed E-state index contributed by atoms with van der Waals surface area (Å²) in [6.45, 7) is 14.2. The Bertz CT molecular complexity index is 69.7. The van der Waals surface area contributed by atoms with Gasteiger partial charge in [0, 0.05) is 0 Å². The van der Waals surface area contributed by atoms with Crippen molar-refractivity contribution in [1.82, 2.24) is 0 Å². The van der Waals surface area contributed by atoms with Crippen LogP contribution < -0.4 is 0 Å². The third-order valence-electron chi connectivity index (χ3n) is 0.866. The second kappa shape index (κ2) is 2.81. The number of rotatable bonds is 0. The van der Waals surface area contributed by atoms with Crippen LogP contribution in [0.1, 0.15) is 41.5 Å². The van der Waals surface area contributed by atoms with E-state index in [1.165, 1.54) is 0 Å². The van der Waals surface area contributed by atoms with E-state index in [-0.39, 0.29) is 21.1 Å². The fourth-order valence-electron chi connectivity index (χ4n) is 1.30. The van der Waals surface area contributed by atoms with Gasteiger partial charge in [0.25, 0.3) is 0 Å². The van der Waals surface area contributed by atoms with E-state index in [0.29, 0.717) is 6.86 Å². The first-order valence-corrected chi connectivity index (χ1v) is 6.87. The molecule has 0 amide bonds. The molecule has 55 valence electrons. The van der Waals surface area contributed by atoms with Crippen molar-refractivity contribution in [3.05, 3.63) is 0 Å². The predicted octanol–water partition coefficient (Wildman–Crippen LogP) is 2.86. The SMILES string of the molecule is C[C](C)(C)[SnH][C](C)(C)C. The zero-order valence-corrected chi connectivity index (χ0v) is 10.9. The molecule has 0 saturated heterocycles. The van der Waals surface area contributed by atoms with Crippen molar-refractivity contribution in [2.75, 3.05) is 0 Å². The molecule has 0 bridgehead atoms. The van der Waals surface area contributed by atoms with Gasteiger partial charge in [0.05, 0.1) is 0 Å². The number of hydrogen-bond acceptors (Lipinski definition) is 0. The molecule has 0 aliphatic rings. The van der Waals surface area contributed by atoms with Crippen LogP contribution in [-0.4, -0.2) is 21.1 Å². The van der Waals surface area contributed by atoms with Gasteiger partial charge in [-0.2, -0.15) is 0 Å². The molecule has 0 aliphatic heterocycles. The van der Waals surface area contributed by atoms with Gasteiger partial charge < -0.3 is 0 Å². The summed E-state index contributed by atoms with van der Waals surface area (Å²) in [5.41, 5.74) is 0. The Kier molecular flexibility index (Phi) is 3.06. The fourth-order valence-corrected chi connectivity index (χ4v) is 8.71. The van der Waals surface area contributed by atoms with Crippen LogP contribution in [-0.2, 0) is 0 Å². The van der Waals surface area contributed by atoms with Crippen molar-refractivity contribution in [3.8, 4) is 0 Å². The van der Waals surface area contributed by atoms with Gasteiger partial charge in [-0.25, -0.2) is 0 Å². The third kappa shape index (κ3) is 8.80. The average molecular weight is 234 g/mol. The van der Waals surface area contributed by atoms with Gasteiger partial charge in [0.2, 0.25) is 0 Å². The number of hydrogen-bond donors (Lipinski definition) is 0. The van der Waals surface area contributed by atoms with Crippen molar-refractivity contribution < 1.29 is 0 Å². The normalized spacial score (nSPS) is 14.0. The third-order valence-corrected chi connectivity index (χ3v) is 5.81. The summed E-state index contributed by atoms with van der Waals surface area (Å²) >= 11 is -0.355. The van der Waals surface area contributed by atoms with Crippen molar-refractivity contribution >= 4 is 21.1 Å². The van der Waals surface area contributed by atoms with Crippen LogP contribution in [0, 0.1) is 0 Å². The first-order valence-electron chi connectivity index (χ1n) is 3.58.